The summed E-state index contributed by atoms with van der Waals surface area (Å²) in [6, 6.07) is 9.70. The van der Waals surface area contributed by atoms with Gasteiger partial charge in [-0.25, -0.2) is 14.6 Å². The number of amides is 1. The Kier molecular flexibility index (Phi) is 5.76. The number of hydrogen-bond donors (Lipinski definition) is 0. The van der Waals surface area contributed by atoms with Gasteiger partial charge in [0.05, 0.1) is 6.57 Å². The van der Waals surface area contributed by atoms with E-state index in [1.807, 2.05) is 51.2 Å². The highest BCUT2D eigenvalue weighted by Crippen LogP contribution is 2.36. The van der Waals surface area contributed by atoms with E-state index in [9.17, 15) is 4.79 Å². The number of pyridine rings is 1. The Labute approximate surface area is 190 Å². The van der Waals surface area contributed by atoms with Crippen LogP contribution in [0.15, 0.2) is 47.2 Å². The van der Waals surface area contributed by atoms with Gasteiger partial charge in [0.1, 0.15) is 11.2 Å². The Morgan fingerprint density at radius 2 is 2.03 bits per heavy atom. The first-order valence-electron chi connectivity index (χ1n) is 10.3. The minimum absolute atomic E-state index is 0.237. The number of hydrogen-bond acceptors (Lipinski definition) is 3. The standard InChI is InChI=1S/C24H25BrN4O2/c1-24(2,3)31-23(30)29-11-9-16(15-29)14-28-12-10-19-21(20(25)13-27-22(19)28)17-5-7-18(26-4)8-6-17/h5-8,10,12-13,16H,9,11,14-15H2,1-3H3/t16-/m0/s1. The number of rotatable bonds is 3. The van der Waals surface area contributed by atoms with Crippen molar-refractivity contribution in [3.63, 3.8) is 0 Å². The predicted octanol–water partition coefficient (Wildman–Crippen LogP) is 6.27. The van der Waals surface area contributed by atoms with E-state index in [0.717, 1.165) is 46.1 Å². The summed E-state index contributed by atoms with van der Waals surface area (Å²) >= 11 is 3.64. The Bertz CT molecular complexity index is 1160. The number of ether oxygens (including phenoxy) is 1. The van der Waals surface area contributed by atoms with E-state index in [1.165, 1.54) is 0 Å². The Morgan fingerprint density at radius 3 is 2.71 bits per heavy atom. The normalized spacial score (nSPS) is 16.5. The average molecular weight is 481 g/mol. The van der Waals surface area contributed by atoms with Gasteiger partial charge in [0.25, 0.3) is 0 Å². The fraction of sp³-hybridized carbons (Fsp3) is 0.375. The first-order valence-corrected chi connectivity index (χ1v) is 11.1. The predicted molar refractivity (Wildman–Crippen MR) is 125 cm³/mol. The molecule has 0 unspecified atom stereocenters. The SMILES string of the molecule is [C-]#[N+]c1ccc(-c2c(Br)cnc3c2ccn3C[C@@H]2CCN(C(=O)OC(C)(C)C)C2)cc1. The van der Waals surface area contributed by atoms with Crippen molar-refractivity contribution in [3.8, 4) is 11.1 Å². The third kappa shape index (κ3) is 4.59. The molecule has 2 aromatic heterocycles. The molecule has 1 atom stereocenters. The van der Waals surface area contributed by atoms with Gasteiger partial charge in [0.15, 0.2) is 5.69 Å². The molecule has 1 fully saturated rings. The van der Waals surface area contributed by atoms with Crippen LogP contribution in [0.2, 0.25) is 0 Å². The van der Waals surface area contributed by atoms with Gasteiger partial charge >= 0.3 is 6.09 Å². The van der Waals surface area contributed by atoms with Crippen molar-refractivity contribution >= 4 is 38.7 Å². The highest BCUT2D eigenvalue weighted by molar-refractivity contribution is 9.10. The van der Waals surface area contributed by atoms with Crippen LogP contribution in [-0.4, -0.2) is 39.2 Å². The molecule has 3 heterocycles. The highest BCUT2D eigenvalue weighted by atomic mass is 79.9. The minimum Gasteiger partial charge on any atom is -0.444 e. The van der Waals surface area contributed by atoms with E-state index in [1.54, 1.807) is 4.90 Å². The number of halogens is 1. The summed E-state index contributed by atoms with van der Waals surface area (Å²) in [5.74, 6) is 0.356. The zero-order valence-electron chi connectivity index (χ0n) is 17.9. The van der Waals surface area contributed by atoms with Crippen molar-refractivity contribution in [1.82, 2.24) is 14.5 Å². The molecule has 0 spiro atoms. The molecule has 1 amide bonds. The molecule has 0 aliphatic carbocycles. The molecule has 0 radical (unpaired) electrons. The summed E-state index contributed by atoms with van der Waals surface area (Å²) in [6.07, 6.45) is 4.61. The number of nitrogens with zero attached hydrogens (tertiary/aromatic N) is 4. The van der Waals surface area contributed by atoms with Crippen LogP contribution in [0, 0.1) is 12.5 Å². The molecule has 6 nitrogen and oxygen atoms in total. The van der Waals surface area contributed by atoms with Crippen LogP contribution < -0.4 is 0 Å². The van der Waals surface area contributed by atoms with Crippen LogP contribution in [0.1, 0.15) is 27.2 Å². The maximum absolute atomic E-state index is 12.4. The first kappa shape index (κ1) is 21.4. The summed E-state index contributed by atoms with van der Waals surface area (Å²) in [4.78, 5) is 22.3. The third-order valence-corrected chi connectivity index (χ3v) is 6.02. The number of benzene rings is 1. The third-order valence-electron chi connectivity index (χ3n) is 5.42. The largest absolute Gasteiger partial charge is 0.444 e. The van der Waals surface area contributed by atoms with E-state index >= 15 is 0 Å². The quantitative estimate of drug-likeness (QED) is 0.414. The number of fused-ring (bicyclic) bond motifs is 1. The van der Waals surface area contributed by atoms with Crippen LogP contribution in [0.5, 0.6) is 0 Å². The van der Waals surface area contributed by atoms with Gasteiger partial charge in [0.2, 0.25) is 0 Å². The van der Waals surface area contributed by atoms with Crippen molar-refractivity contribution < 1.29 is 9.53 Å². The van der Waals surface area contributed by atoms with Gasteiger partial charge in [0, 0.05) is 47.5 Å². The molecular weight excluding hydrogens is 456 g/mol. The zero-order chi connectivity index (χ0) is 22.2. The second kappa shape index (κ2) is 8.35. The lowest BCUT2D eigenvalue weighted by Gasteiger charge is -2.24. The Hall–Kier alpha value is -2.85. The van der Waals surface area contributed by atoms with Gasteiger partial charge < -0.3 is 14.2 Å². The summed E-state index contributed by atoms with van der Waals surface area (Å²) < 4.78 is 8.60. The van der Waals surface area contributed by atoms with Gasteiger partial charge in [-0.3, -0.25) is 0 Å². The lowest BCUT2D eigenvalue weighted by atomic mass is 10.0. The van der Waals surface area contributed by atoms with Crippen LogP contribution in [0.4, 0.5) is 10.5 Å². The molecule has 0 saturated carbocycles. The van der Waals surface area contributed by atoms with Crippen LogP contribution in [-0.2, 0) is 11.3 Å². The molecule has 1 aliphatic heterocycles. The molecule has 31 heavy (non-hydrogen) atoms. The monoisotopic (exact) mass is 480 g/mol. The molecule has 160 valence electrons. The lowest BCUT2D eigenvalue weighted by Crippen LogP contribution is -2.35. The van der Waals surface area contributed by atoms with Crippen LogP contribution in [0.25, 0.3) is 27.0 Å². The molecule has 1 aromatic carbocycles. The van der Waals surface area contributed by atoms with E-state index in [-0.39, 0.29) is 6.09 Å². The molecular formula is C24H25BrN4O2. The molecule has 1 aliphatic rings. The fourth-order valence-electron chi connectivity index (χ4n) is 4.01. The van der Waals surface area contributed by atoms with E-state index < -0.39 is 5.60 Å². The summed E-state index contributed by atoms with van der Waals surface area (Å²) in [6.45, 7) is 15.0. The molecule has 0 bridgehead atoms. The Morgan fingerprint density at radius 1 is 1.29 bits per heavy atom. The van der Waals surface area contributed by atoms with Gasteiger partial charge in [-0.2, -0.15) is 0 Å². The summed E-state index contributed by atoms with van der Waals surface area (Å²) in [7, 11) is 0. The molecule has 0 N–H and O–H groups in total. The van der Waals surface area contributed by atoms with Crippen molar-refractivity contribution in [1.29, 1.82) is 0 Å². The first-order chi connectivity index (χ1) is 14.7. The molecule has 1 saturated heterocycles. The zero-order valence-corrected chi connectivity index (χ0v) is 19.5. The number of likely N-dealkylation sites (tertiary alicyclic amines) is 1. The summed E-state index contributed by atoms with van der Waals surface area (Å²) in [5.41, 5.74) is 3.18. The number of aromatic nitrogens is 2. The second-order valence-corrected chi connectivity index (χ2v) is 9.78. The van der Waals surface area contributed by atoms with E-state index in [0.29, 0.717) is 18.2 Å². The maximum atomic E-state index is 12.4. The second-order valence-electron chi connectivity index (χ2n) is 8.93. The van der Waals surface area contributed by atoms with Crippen molar-refractivity contribution in [3.05, 3.63) is 58.6 Å². The Balaban J connectivity index is 1.55. The fourth-order valence-corrected chi connectivity index (χ4v) is 4.55. The van der Waals surface area contributed by atoms with Crippen molar-refractivity contribution in [2.24, 2.45) is 5.92 Å². The van der Waals surface area contributed by atoms with Gasteiger partial charge in [-0.1, -0.05) is 24.3 Å². The van der Waals surface area contributed by atoms with Gasteiger partial charge in [-0.05, 0) is 60.7 Å². The van der Waals surface area contributed by atoms with Crippen LogP contribution >= 0.6 is 15.9 Å². The van der Waals surface area contributed by atoms with Crippen molar-refractivity contribution in [2.75, 3.05) is 13.1 Å². The summed E-state index contributed by atoms with van der Waals surface area (Å²) in [5, 5.41) is 1.06. The van der Waals surface area contributed by atoms with E-state index in [2.05, 4.69) is 42.6 Å². The van der Waals surface area contributed by atoms with Gasteiger partial charge in [-0.15, -0.1) is 0 Å². The number of carbonyl (C=O) groups is 1. The molecule has 3 aromatic rings. The van der Waals surface area contributed by atoms with Crippen LogP contribution in [0.3, 0.4) is 0 Å². The van der Waals surface area contributed by atoms with Crippen molar-refractivity contribution in [2.45, 2.75) is 39.3 Å². The molecule has 7 heteroatoms. The topological polar surface area (TPSA) is 51.7 Å². The lowest BCUT2D eigenvalue weighted by molar-refractivity contribution is 0.0287. The maximum Gasteiger partial charge on any atom is 0.410 e. The van der Waals surface area contributed by atoms with E-state index in [4.69, 9.17) is 11.3 Å². The number of carbonyl (C=O) groups excluding carboxylic acids is 1. The smallest absolute Gasteiger partial charge is 0.410 e. The average Bonchev–Trinajstić information content (AvgIpc) is 3.35. The highest BCUT2D eigenvalue weighted by Gasteiger charge is 2.30. The minimum atomic E-state index is -0.480. The molecule has 4 rings (SSSR count).